The maximum absolute atomic E-state index is 11.9. The molecule has 2 aromatic rings. The summed E-state index contributed by atoms with van der Waals surface area (Å²) in [5.74, 6) is 0.916. The van der Waals surface area contributed by atoms with Crippen LogP contribution in [0.3, 0.4) is 0 Å². The maximum Gasteiger partial charge on any atom is 0.274 e. The zero-order chi connectivity index (χ0) is 15.2. The van der Waals surface area contributed by atoms with Gasteiger partial charge in [0.1, 0.15) is 11.5 Å². The van der Waals surface area contributed by atoms with Crippen molar-refractivity contribution in [1.29, 1.82) is 0 Å². The van der Waals surface area contributed by atoms with Gasteiger partial charge in [0.05, 0.1) is 16.8 Å². The van der Waals surface area contributed by atoms with Crippen molar-refractivity contribution in [3.8, 4) is 0 Å². The minimum atomic E-state index is -0.329. The molecule has 21 heavy (non-hydrogen) atoms. The normalized spacial score (nSPS) is 11.9. The van der Waals surface area contributed by atoms with Gasteiger partial charge in [0.25, 0.3) is 5.91 Å². The lowest BCUT2D eigenvalue weighted by Gasteiger charge is -1.97. The van der Waals surface area contributed by atoms with Gasteiger partial charge in [-0.05, 0) is 31.6 Å². The number of furan rings is 1. The topological polar surface area (TPSA) is 54.6 Å². The van der Waals surface area contributed by atoms with Crippen LogP contribution < -0.4 is 5.43 Å². The number of benzene rings is 1. The van der Waals surface area contributed by atoms with Crippen LogP contribution in [0.1, 0.15) is 27.4 Å². The van der Waals surface area contributed by atoms with Crippen LogP contribution in [0, 0.1) is 13.8 Å². The fourth-order valence-corrected chi connectivity index (χ4v) is 1.99. The van der Waals surface area contributed by atoms with Crippen molar-refractivity contribution in [3.63, 3.8) is 0 Å². The van der Waals surface area contributed by atoms with E-state index in [1.54, 1.807) is 26.0 Å². The highest BCUT2D eigenvalue weighted by molar-refractivity contribution is 6.41. The Labute approximate surface area is 128 Å². The number of allylic oxidation sites excluding steroid dienone is 1. The summed E-state index contributed by atoms with van der Waals surface area (Å²) in [5.41, 5.74) is 3.84. The lowest BCUT2D eigenvalue weighted by molar-refractivity contribution is 0.0953. The van der Waals surface area contributed by atoms with E-state index < -0.39 is 0 Å². The van der Waals surface area contributed by atoms with E-state index in [1.807, 2.05) is 30.3 Å². The van der Waals surface area contributed by atoms with Gasteiger partial charge in [0.2, 0.25) is 0 Å². The number of halogens is 1. The highest BCUT2D eigenvalue weighted by Gasteiger charge is 2.12. The van der Waals surface area contributed by atoms with E-state index in [0.29, 0.717) is 22.1 Å². The molecule has 0 radical (unpaired) electrons. The standard InChI is InChI=1S/C16H15ClN2O2/c1-11-8-15(12(2)21-11)16(20)19-18-10-14(17)9-13-6-4-3-5-7-13/h3-10H,1-2H3,(H,19,20)/b14-9-,18-10+. The Balaban J connectivity index is 1.97. The smallest absolute Gasteiger partial charge is 0.274 e. The molecule has 1 heterocycles. The number of nitrogens with one attached hydrogen (secondary N) is 1. The Morgan fingerprint density at radius 1 is 1.29 bits per heavy atom. The molecule has 0 aliphatic heterocycles. The predicted molar refractivity (Wildman–Crippen MR) is 84.4 cm³/mol. The minimum Gasteiger partial charge on any atom is -0.466 e. The van der Waals surface area contributed by atoms with Gasteiger partial charge < -0.3 is 4.42 Å². The van der Waals surface area contributed by atoms with Crippen LogP contribution in [0.15, 0.2) is 50.9 Å². The van der Waals surface area contributed by atoms with E-state index in [1.165, 1.54) is 6.21 Å². The van der Waals surface area contributed by atoms with Crippen molar-refractivity contribution < 1.29 is 9.21 Å². The Hall–Kier alpha value is -2.33. The zero-order valence-electron chi connectivity index (χ0n) is 11.8. The van der Waals surface area contributed by atoms with Crippen LogP contribution in [0.2, 0.25) is 0 Å². The van der Waals surface area contributed by atoms with Gasteiger partial charge in [-0.2, -0.15) is 5.10 Å². The number of carbonyl (C=O) groups excluding carboxylic acids is 1. The number of hydrogen-bond acceptors (Lipinski definition) is 3. The third-order valence-corrected chi connectivity index (χ3v) is 2.95. The number of carbonyl (C=O) groups is 1. The summed E-state index contributed by atoms with van der Waals surface area (Å²) in [6, 6.07) is 11.3. The monoisotopic (exact) mass is 302 g/mol. The summed E-state index contributed by atoms with van der Waals surface area (Å²) in [5, 5.41) is 4.25. The van der Waals surface area contributed by atoms with Crippen molar-refractivity contribution in [2.45, 2.75) is 13.8 Å². The molecule has 1 aromatic carbocycles. The molecule has 1 amide bonds. The van der Waals surface area contributed by atoms with Gasteiger partial charge in [-0.15, -0.1) is 0 Å². The number of nitrogens with zero attached hydrogens (tertiary/aromatic N) is 1. The van der Waals surface area contributed by atoms with Gasteiger partial charge in [-0.1, -0.05) is 41.9 Å². The van der Waals surface area contributed by atoms with Crippen molar-refractivity contribution in [2.24, 2.45) is 5.10 Å². The molecule has 2 rings (SSSR count). The van der Waals surface area contributed by atoms with E-state index in [9.17, 15) is 4.79 Å². The second kappa shape index (κ2) is 6.90. The lowest BCUT2D eigenvalue weighted by atomic mass is 10.2. The van der Waals surface area contributed by atoms with Crippen LogP contribution in [0.4, 0.5) is 0 Å². The zero-order valence-corrected chi connectivity index (χ0v) is 12.5. The molecule has 0 saturated heterocycles. The maximum atomic E-state index is 11.9. The molecule has 0 atom stereocenters. The summed E-state index contributed by atoms with van der Waals surface area (Å²) >= 11 is 6.02. The fourth-order valence-electron chi connectivity index (χ4n) is 1.81. The highest BCUT2D eigenvalue weighted by Crippen LogP contribution is 2.13. The van der Waals surface area contributed by atoms with Crippen molar-refractivity contribution in [3.05, 3.63) is 64.1 Å². The van der Waals surface area contributed by atoms with E-state index in [4.69, 9.17) is 16.0 Å². The van der Waals surface area contributed by atoms with Gasteiger partial charge in [0.15, 0.2) is 0 Å². The number of hydrazone groups is 1. The van der Waals surface area contributed by atoms with Crippen LogP contribution in [0.25, 0.3) is 6.08 Å². The first kappa shape index (κ1) is 15.1. The van der Waals surface area contributed by atoms with Crippen molar-refractivity contribution >= 4 is 29.8 Å². The van der Waals surface area contributed by atoms with E-state index >= 15 is 0 Å². The molecule has 0 fully saturated rings. The first-order chi connectivity index (χ1) is 10.1. The summed E-state index contributed by atoms with van der Waals surface area (Å²) in [7, 11) is 0. The Morgan fingerprint density at radius 2 is 2.00 bits per heavy atom. The molecule has 0 spiro atoms. The van der Waals surface area contributed by atoms with Gasteiger partial charge in [-0.3, -0.25) is 4.79 Å². The molecule has 0 aliphatic carbocycles. The van der Waals surface area contributed by atoms with Crippen LogP contribution in [-0.4, -0.2) is 12.1 Å². The fraction of sp³-hybridized carbons (Fsp3) is 0.125. The summed E-state index contributed by atoms with van der Waals surface area (Å²) in [4.78, 5) is 11.9. The largest absolute Gasteiger partial charge is 0.466 e. The number of hydrogen-bond donors (Lipinski definition) is 1. The molecule has 1 aromatic heterocycles. The molecular formula is C16H15ClN2O2. The second-order valence-electron chi connectivity index (χ2n) is 4.47. The molecular weight excluding hydrogens is 288 g/mol. The Morgan fingerprint density at radius 3 is 2.62 bits per heavy atom. The summed E-state index contributed by atoms with van der Waals surface area (Å²) in [6.45, 7) is 3.51. The van der Waals surface area contributed by atoms with Crippen molar-refractivity contribution in [2.75, 3.05) is 0 Å². The average Bonchev–Trinajstić information content (AvgIpc) is 2.79. The van der Waals surface area contributed by atoms with Gasteiger partial charge in [0, 0.05) is 0 Å². The number of rotatable bonds is 4. The summed E-state index contributed by atoms with van der Waals surface area (Å²) < 4.78 is 5.29. The van der Waals surface area contributed by atoms with Crippen LogP contribution in [0.5, 0.6) is 0 Å². The summed E-state index contributed by atoms with van der Waals surface area (Å²) in [6.07, 6.45) is 3.14. The molecule has 108 valence electrons. The Kier molecular flexibility index (Phi) is 4.95. The van der Waals surface area contributed by atoms with E-state index in [2.05, 4.69) is 10.5 Å². The predicted octanol–water partition coefficient (Wildman–Crippen LogP) is 3.89. The minimum absolute atomic E-state index is 0.329. The first-order valence-corrected chi connectivity index (χ1v) is 6.77. The van der Waals surface area contributed by atoms with Gasteiger partial charge in [-0.25, -0.2) is 5.43 Å². The van der Waals surface area contributed by atoms with Crippen LogP contribution in [-0.2, 0) is 0 Å². The molecule has 4 nitrogen and oxygen atoms in total. The van der Waals surface area contributed by atoms with Gasteiger partial charge >= 0.3 is 0 Å². The highest BCUT2D eigenvalue weighted by atomic mass is 35.5. The van der Waals surface area contributed by atoms with Crippen LogP contribution >= 0.6 is 11.6 Å². The molecule has 1 N–H and O–H groups in total. The van der Waals surface area contributed by atoms with E-state index in [0.717, 1.165) is 5.56 Å². The number of aryl methyl sites for hydroxylation is 2. The quantitative estimate of drug-likeness (QED) is 0.688. The lowest BCUT2D eigenvalue weighted by Crippen LogP contribution is -2.17. The van der Waals surface area contributed by atoms with Crippen molar-refractivity contribution in [1.82, 2.24) is 5.43 Å². The second-order valence-corrected chi connectivity index (χ2v) is 4.90. The molecule has 0 unspecified atom stereocenters. The third kappa shape index (κ3) is 4.33. The molecule has 0 bridgehead atoms. The third-order valence-electron chi connectivity index (χ3n) is 2.74. The average molecular weight is 303 g/mol. The molecule has 0 aliphatic rings. The molecule has 5 heteroatoms. The Bertz CT molecular complexity index is 688. The molecule has 0 saturated carbocycles. The number of amides is 1. The van der Waals surface area contributed by atoms with E-state index in [-0.39, 0.29) is 5.91 Å². The SMILES string of the molecule is Cc1cc(C(=O)N/N=C/C(Cl)=C/c2ccccc2)c(C)o1. The first-order valence-electron chi connectivity index (χ1n) is 6.39.